The van der Waals surface area contributed by atoms with Crippen molar-refractivity contribution in [3.8, 4) is 33.6 Å². The van der Waals surface area contributed by atoms with Crippen molar-refractivity contribution >= 4 is 24.3 Å². The third kappa shape index (κ3) is 10.1. The number of carbonyl (C=O) groups excluding carboxylic acids is 4. The van der Waals surface area contributed by atoms with Gasteiger partial charge in [0.15, 0.2) is 0 Å². The molecule has 5 heterocycles. The molecule has 2 aromatic heterocycles. The van der Waals surface area contributed by atoms with Crippen LogP contribution in [0.2, 0.25) is 0 Å². The Morgan fingerprint density at radius 2 is 1.46 bits per heavy atom. The molecule has 3 fully saturated rings. The van der Waals surface area contributed by atoms with Gasteiger partial charge >= 0.3 is 6.09 Å². The lowest BCUT2D eigenvalue weighted by atomic mass is 9.84. The predicted octanol–water partition coefficient (Wildman–Crippen LogP) is 7.29. The number of allylic oxidation sites excluding steroid dienone is 1. The van der Waals surface area contributed by atoms with E-state index in [0.717, 1.165) is 46.5 Å². The number of likely N-dealkylation sites (tertiary alicyclic amines) is 1. The van der Waals surface area contributed by atoms with Gasteiger partial charge in [-0.2, -0.15) is 0 Å². The van der Waals surface area contributed by atoms with Crippen molar-refractivity contribution in [1.29, 1.82) is 0 Å². The highest BCUT2D eigenvalue weighted by Gasteiger charge is 2.47. The summed E-state index contributed by atoms with van der Waals surface area (Å²) in [4.78, 5) is 72.2. The van der Waals surface area contributed by atoms with Gasteiger partial charge in [0.2, 0.25) is 18.2 Å². The van der Waals surface area contributed by atoms with Crippen molar-refractivity contribution in [2.45, 2.75) is 135 Å². The summed E-state index contributed by atoms with van der Waals surface area (Å²) in [6.45, 7) is 16.3. The van der Waals surface area contributed by atoms with E-state index in [1.807, 2.05) is 75.6 Å². The molecule has 7 rings (SSSR count). The minimum atomic E-state index is -0.788. The second kappa shape index (κ2) is 19.6. The summed E-state index contributed by atoms with van der Waals surface area (Å²) < 4.78 is 16.6. The van der Waals surface area contributed by atoms with Crippen LogP contribution in [-0.2, 0) is 35.1 Å². The fourth-order valence-corrected chi connectivity index (χ4v) is 9.65. The molecule has 15 heteroatoms. The van der Waals surface area contributed by atoms with Crippen molar-refractivity contribution < 1.29 is 33.4 Å². The van der Waals surface area contributed by atoms with Gasteiger partial charge < -0.3 is 44.6 Å². The van der Waals surface area contributed by atoms with Gasteiger partial charge in [-0.25, -0.2) is 14.8 Å². The molecule has 15 nitrogen and oxygen atoms in total. The van der Waals surface area contributed by atoms with Crippen LogP contribution in [0.3, 0.4) is 0 Å². The van der Waals surface area contributed by atoms with Gasteiger partial charge in [-0.3, -0.25) is 14.4 Å². The van der Waals surface area contributed by atoms with Gasteiger partial charge in [0.05, 0.1) is 67.5 Å². The minimum Gasteiger partial charge on any atom is -0.496 e. The number of aromatic nitrogens is 4. The summed E-state index contributed by atoms with van der Waals surface area (Å²) >= 11 is 0. The number of nitrogens with zero attached hydrogens (tertiary/aromatic N) is 4. The fourth-order valence-electron chi connectivity index (χ4n) is 9.65. The third-order valence-electron chi connectivity index (χ3n) is 13.0. The van der Waals surface area contributed by atoms with Crippen LogP contribution in [-0.4, -0.2) is 104 Å². The largest absolute Gasteiger partial charge is 0.496 e. The van der Waals surface area contributed by atoms with Crippen LogP contribution in [0.5, 0.6) is 0 Å². The topological polar surface area (TPSA) is 184 Å². The lowest BCUT2D eigenvalue weighted by Crippen LogP contribution is -2.60. The normalized spacial score (nSPS) is 24.8. The number of alkyl carbamates (subject to hydrolysis) is 1. The first-order valence-corrected chi connectivity index (χ1v) is 22.2. The van der Waals surface area contributed by atoms with Crippen molar-refractivity contribution in [2.24, 2.45) is 11.8 Å². The number of hydrogen-bond acceptors (Lipinski definition) is 9. The van der Waals surface area contributed by atoms with E-state index in [0.29, 0.717) is 56.0 Å². The molecule has 0 aliphatic carbocycles. The van der Waals surface area contributed by atoms with Crippen molar-refractivity contribution in [1.82, 2.24) is 40.4 Å². The maximum Gasteiger partial charge on any atom is 0.407 e. The second-order valence-electron chi connectivity index (χ2n) is 17.7. The smallest absolute Gasteiger partial charge is 0.407 e. The molecule has 3 aliphatic rings. The monoisotopic (exact) mass is 862 g/mol. The zero-order valence-corrected chi connectivity index (χ0v) is 37.4. The molecule has 63 heavy (non-hydrogen) atoms. The SMILES string of the molecule is C=C1CC(C(NC(=O)OC)C(=O)N2C(c3ncc(-c4ccc(-c5ccc(-c6cnc(CN(C(=O)C(NC=O)C7CC(C)OC(C)C7)[C@@H](C)CC)[nH]6)cc5)cc4)[nH]3)C[C@@H]2C)CC(C)O1. The van der Waals surface area contributed by atoms with E-state index >= 15 is 0 Å². The molecule has 2 aromatic carbocycles. The van der Waals surface area contributed by atoms with Crippen LogP contribution >= 0.6 is 0 Å². The standard InChI is InChI=1S/C48H62N8O7/c1-9-27(2)55(46(58)43(51-26-57)37-19-29(4)62-30(5)20-37)25-42-49-23-39(52-42)35-14-10-33(11-15-35)34-12-16-36(17-13-34)40-24-50-45(53-40)41-18-28(3)56(41)47(59)44(54-48(60)61-8)38-21-31(6)63-32(7)22-38/h10-17,23-24,26-30,32,37-38,41,43-44H,6,9,18-22,25H2,1-5,7-8H3,(H,49,52)(H,50,53)(H,51,57)(H,54,60)/t27-,28-,29?,30?,32?,37?,38?,41?,43?,44?/m0/s1. The summed E-state index contributed by atoms with van der Waals surface area (Å²) in [6.07, 6.45) is 7.44. The summed E-state index contributed by atoms with van der Waals surface area (Å²) in [5.74, 6) is 1.48. The number of benzene rings is 2. The molecule has 3 aliphatic heterocycles. The average molecular weight is 863 g/mol. The van der Waals surface area contributed by atoms with Crippen LogP contribution in [0.25, 0.3) is 33.6 Å². The highest BCUT2D eigenvalue weighted by molar-refractivity contribution is 5.87. The number of amides is 4. The number of ether oxygens (including phenoxy) is 3. The Hall–Kier alpha value is -5.96. The fraction of sp³-hybridized carbons (Fsp3) is 0.500. The summed E-state index contributed by atoms with van der Waals surface area (Å²) in [5.41, 5.74) is 5.69. The quantitative estimate of drug-likeness (QED) is 0.0892. The van der Waals surface area contributed by atoms with E-state index in [2.05, 4.69) is 56.4 Å². The van der Waals surface area contributed by atoms with E-state index in [1.54, 1.807) is 12.4 Å². The van der Waals surface area contributed by atoms with E-state index < -0.39 is 18.2 Å². The third-order valence-corrected chi connectivity index (χ3v) is 13.0. The molecule has 0 spiro atoms. The van der Waals surface area contributed by atoms with E-state index in [9.17, 15) is 19.2 Å². The Balaban J connectivity index is 0.999. The Kier molecular flexibility index (Phi) is 14.0. The number of nitrogens with one attached hydrogen (secondary N) is 4. The molecular weight excluding hydrogens is 801 g/mol. The first-order chi connectivity index (χ1) is 30.3. The average Bonchev–Trinajstić information content (AvgIpc) is 3.95. The Morgan fingerprint density at radius 3 is 2.03 bits per heavy atom. The zero-order chi connectivity index (χ0) is 44.9. The molecule has 336 valence electrons. The zero-order valence-electron chi connectivity index (χ0n) is 37.4. The molecule has 0 bridgehead atoms. The molecule has 0 saturated carbocycles. The summed E-state index contributed by atoms with van der Waals surface area (Å²) in [5, 5.41) is 5.65. The number of carbonyl (C=O) groups is 4. The van der Waals surface area contributed by atoms with Crippen LogP contribution < -0.4 is 10.6 Å². The van der Waals surface area contributed by atoms with Gasteiger partial charge in [-0.15, -0.1) is 0 Å². The lowest BCUT2D eigenvalue weighted by Gasteiger charge is -2.48. The van der Waals surface area contributed by atoms with Gasteiger partial charge in [0, 0.05) is 18.5 Å². The number of H-pyrrole nitrogens is 2. The summed E-state index contributed by atoms with van der Waals surface area (Å²) in [6, 6.07) is 14.7. The van der Waals surface area contributed by atoms with Gasteiger partial charge in [0.25, 0.3) is 0 Å². The maximum absolute atomic E-state index is 14.1. The molecular formula is C48H62N8O7. The van der Waals surface area contributed by atoms with Crippen molar-refractivity contribution in [2.75, 3.05) is 7.11 Å². The van der Waals surface area contributed by atoms with Crippen LogP contribution in [0.15, 0.2) is 73.3 Å². The molecule has 4 aromatic rings. The Bertz CT molecular complexity index is 2230. The highest BCUT2D eigenvalue weighted by Crippen LogP contribution is 2.41. The lowest BCUT2D eigenvalue weighted by molar-refractivity contribution is -0.149. The number of rotatable bonds is 15. The van der Waals surface area contributed by atoms with Crippen molar-refractivity contribution in [3.63, 3.8) is 0 Å². The number of aromatic amines is 2. The molecule has 3 saturated heterocycles. The second-order valence-corrected chi connectivity index (χ2v) is 17.7. The van der Waals surface area contributed by atoms with E-state index in [1.165, 1.54) is 7.11 Å². The molecule has 7 unspecified atom stereocenters. The van der Waals surface area contributed by atoms with Gasteiger partial charge in [0.1, 0.15) is 23.7 Å². The predicted molar refractivity (Wildman–Crippen MR) is 238 cm³/mol. The Labute approximate surface area is 369 Å². The van der Waals surface area contributed by atoms with Gasteiger partial charge in [-0.05, 0) is 101 Å². The van der Waals surface area contributed by atoms with E-state index in [-0.39, 0.29) is 60.1 Å². The minimum absolute atomic E-state index is 0.0109. The van der Waals surface area contributed by atoms with Crippen molar-refractivity contribution in [3.05, 3.63) is 84.9 Å². The first-order valence-electron chi connectivity index (χ1n) is 22.2. The highest BCUT2D eigenvalue weighted by atomic mass is 16.5. The van der Waals surface area contributed by atoms with Crippen LogP contribution in [0.4, 0.5) is 4.79 Å². The molecule has 4 amide bonds. The Morgan fingerprint density at radius 1 is 0.873 bits per heavy atom. The van der Waals surface area contributed by atoms with Crippen LogP contribution in [0, 0.1) is 11.8 Å². The maximum atomic E-state index is 14.1. The summed E-state index contributed by atoms with van der Waals surface area (Å²) in [7, 11) is 1.29. The van der Waals surface area contributed by atoms with Gasteiger partial charge in [-0.1, -0.05) is 62.0 Å². The van der Waals surface area contributed by atoms with Crippen LogP contribution in [0.1, 0.15) is 97.8 Å². The first kappa shape index (κ1) is 45.1. The molecule has 4 N–H and O–H groups in total. The number of hydrogen-bond donors (Lipinski definition) is 4. The number of imidazole rings is 2. The molecule has 9 atom stereocenters. The molecule has 0 radical (unpaired) electrons. The van der Waals surface area contributed by atoms with E-state index in [4.69, 9.17) is 19.2 Å². The number of methoxy groups -OCH3 is 1.